The third-order valence-corrected chi connectivity index (χ3v) is 6.96. The van der Waals surface area contributed by atoms with Gasteiger partial charge in [0.05, 0.1) is 17.2 Å². The van der Waals surface area contributed by atoms with Crippen LogP contribution in [0.4, 0.5) is 0 Å². The van der Waals surface area contributed by atoms with Crippen LogP contribution < -0.4 is 5.32 Å². The van der Waals surface area contributed by atoms with E-state index in [1.165, 1.54) is 0 Å². The molecule has 1 heterocycles. The van der Waals surface area contributed by atoms with Crippen LogP contribution in [0.3, 0.4) is 0 Å². The molecule has 2 aromatic rings. The summed E-state index contributed by atoms with van der Waals surface area (Å²) in [4.78, 5) is 41.2. The molecule has 1 aliphatic rings. The number of ether oxygens (including phenoxy) is 2. The lowest BCUT2D eigenvalue weighted by molar-refractivity contribution is -0.162. The summed E-state index contributed by atoms with van der Waals surface area (Å²) in [7, 11) is 0. The number of likely N-dealkylation sites (tertiary alicyclic amines) is 1. The van der Waals surface area contributed by atoms with Gasteiger partial charge in [0.2, 0.25) is 0 Å². The second-order valence-electron chi connectivity index (χ2n) is 10.4. The summed E-state index contributed by atoms with van der Waals surface area (Å²) in [5, 5.41) is 3.37. The number of hydrogen-bond acceptors (Lipinski definition) is 6. The van der Waals surface area contributed by atoms with Gasteiger partial charge in [-0.15, -0.1) is 0 Å². The fourth-order valence-electron chi connectivity index (χ4n) is 5.52. The molecule has 0 aromatic heterocycles. The van der Waals surface area contributed by atoms with Crippen molar-refractivity contribution in [1.82, 2.24) is 10.2 Å². The summed E-state index contributed by atoms with van der Waals surface area (Å²) in [6, 6.07) is 15.6. The highest BCUT2D eigenvalue weighted by atomic mass is 35.5. The van der Waals surface area contributed by atoms with Crippen LogP contribution in [0.2, 0.25) is 5.02 Å². The summed E-state index contributed by atoms with van der Waals surface area (Å²) >= 11 is 6.12. The summed E-state index contributed by atoms with van der Waals surface area (Å²) < 4.78 is 11.0. The van der Waals surface area contributed by atoms with Crippen molar-refractivity contribution in [2.75, 3.05) is 19.8 Å². The minimum atomic E-state index is -1.21. The number of carbonyl (C=O) groups is 3. The van der Waals surface area contributed by atoms with Crippen LogP contribution >= 0.6 is 11.6 Å². The fourth-order valence-corrected chi connectivity index (χ4v) is 5.73. The van der Waals surface area contributed by atoms with Gasteiger partial charge in [0.1, 0.15) is 12.1 Å². The van der Waals surface area contributed by atoms with E-state index in [2.05, 4.69) is 10.2 Å². The first kappa shape index (κ1) is 27.7. The number of benzene rings is 2. The van der Waals surface area contributed by atoms with E-state index < -0.39 is 28.6 Å². The van der Waals surface area contributed by atoms with Crippen molar-refractivity contribution in [2.45, 2.75) is 64.1 Å². The zero-order chi connectivity index (χ0) is 26.6. The normalized spacial score (nSPS) is 18.2. The van der Waals surface area contributed by atoms with Crippen LogP contribution in [-0.2, 0) is 14.3 Å². The van der Waals surface area contributed by atoms with E-state index in [9.17, 15) is 14.4 Å². The number of hydrogen-bond donors (Lipinski definition) is 1. The fraction of sp³-hybridized carbons (Fsp3) is 0.464. The largest absolute Gasteiger partial charge is 0.464 e. The molecule has 0 bridgehead atoms. The van der Waals surface area contributed by atoms with Crippen LogP contribution in [0.1, 0.15) is 68.2 Å². The zero-order valence-electron chi connectivity index (χ0n) is 21.6. The summed E-state index contributed by atoms with van der Waals surface area (Å²) in [5.41, 5.74) is -1.47. The molecule has 0 spiro atoms. The second kappa shape index (κ2) is 11.0. The molecule has 1 saturated heterocycles. The number of carbonyl (C=O) groups excluding carboxylic acids is 3. The zero-order valence-corrected chi connectivity index (χ0v) is 22.4. The molecule has 1 fully saturated rings. The third kappa shape index (κ3) is 6.08. The molecule has 1 amide bonds. The Morgan fingerprint density at radius 2 is 1.50 bits per heavy atom. The lowest BCUT2D eigenvalue weighted by Gasteiger charge is -2.58. The van der Waals surface area contributed by atoms with Gasteiger partial charge in [0.15, 0.2) is 0 Å². The van der Waals surface area contributed by atoms with Crippen molar-refractivity contribution in [3.8, 4) is 0 Å². The predicted molar refractivity (Wildman–Crippen MR) is 139 cm³/mol. The first-order valence-corrected chi connectivity index (χ1v) is 12.5. The average Bonchev–Trinajstić information content (AvgIpc) is 2.81. The Morgan fingerprint density at radius 3 is 2.08 bits per heavy atom. The second-order valence-corrected chi connectivity index (χ2v) is 10.8. The van der Waals surface area contributed by atoms with Gasteiger partial charge in [0.25, 0.3) is 5.91 Å². The Hall–Kier alpha value is -2.90. The molecule has 7 nitrogen and oxygen atoms in total. The van der Waals surface area contributed by atoms with E-state index in [-0.39, 0.29) is 19.1 Å². The van der Waals surface area contributed by atoms with E-state index in [4.69, 9.17) is 21.1 Å². The number of amides is 1. The van der Waals surface area contributed by atoms with Crippen LogP contribution in [0.5, 0.6) is 0 Å². The number of nitrogens with zero attached hydrogens (tertiary/aromatic N) is 1. The van der Waals surface area contributed by atoms with Gasteiger partial charge < -0.3 is 14.8 Å². The van der Waals surface area contributed by atoms with Crippen molar-refractivity contribution in [2.24, 2.45) is 0 Å². The Morgan fingerprint density at radius 1 is 0.917 bits per heavy atom. The molecule has 0 atom stereocenters. The third-order valence-electron chi connectivity index (χ3n) is 6.63. The summed E-state index contributed by atoms with van der Waals surface area (Å²) in [6.07, 6.45) is 0.665. The average molecular weight is 515 g/mol. The maximum absolute atomic E-state index is 13.3. The maximum Gasteiger partial charge on any atom is 0.339 e. The van der Waals surface area contributed by atoms with Gasteiger partial charge >= 0.3 is 11.9 Å². The first-order chi connectivity index (χ1) is 16.9. The number of halogens is 1. The van der Waals surface area contributed by atoms with Crippen molar-refractivity contribution in [3.05, 3.63) is 70.7 Å². The highest BCUT2D eigenvalue weighted by Gasteiger charge is 2.57. The molecule has 0 unspecified atom stereocenters. The van der Waals surface area contributed by atoms with E-state index >= 15 is 0 Å². The minimum absolute atomic E-state index is 0.152. The highest BCUT2D eigenvalue weighted by Crippen LogP contribution is 2.44. The topological polar surface area (TPSA) is 84.9 Å². The smallest absolute Gasteiger partial charge is 0.339 e. The van der Waals surface area contributed by atoms with Crippen LogP contribution in [0, 0.1) is 0 Å². The molecule has 194 valence electrons. The standard InChI is InChI=1S/C28H35ClN2O5/c1-6-35-25(34)28(30-23(32)20-12-8-7-9-13-20)18-26(2,3)31(27(4,5)19-28)16-17-36-24(33)21-14-10-11-15-22(21)29/h7-15H,6,16-19H2,1-5H3,(H,30,32). The van der Waals surface area contributed by atoms with Crippen LogP contribution in [-0.4, -0.2) is 59.1 Å². The number of piperidine rings is 1. The van der Waals surface area contributed by atoms with Gasteiger partial charge in [-0.3, -0.25) is 9.69 Å². The SMILES string of the molecule is CCOC(=O)C1(NC(=O)c2ccccc2)CC(C)(C)N(CCOC(=O)c2ccccc2Cl)C(C)(C)C1. The van der Waals surface area contributed by atoms with Gasteiger partial charge in [-0.1, -0.05) is 41.9 Å². The molecule has 2 aromatic carbocycles. The van der Waals surface area contributed by atoms with Crippen molar-refractivity contribution < 1.29 is 23.9 Å². The molecule has 1 aliphatic heterocycles. The number of rotatable bonds is 8. The van der Waals surface area contributed by atoms with E-state index in [1.807, 2.05) is 33.8 Å². The van der Waals surface area contributed by atoms with Crippen molar-refractivity contribution >= 4 is 29.4 Å². The summed E-state index contributed by atoms with van der Waals surface area (Å²) in [5.74, 6) is -1.25. The van der Waals surface area contributed by atoms with Crippen LogP contribution in [0.15, 0.2) is 54.6 Å². The van der Waals surface area contributed by atoms with E-state index in [1.54, 1.807) is 55.5 Å². The van der Waals surface area contributed by atoms with Gasteiger partial charge in [-0.25, -0.2) is 9.59 Å². The lowest BCUT2D eigenvalue weighted by atomic mass is 9.68. The van der Waals surface area contributed by atoms with Crippen LogP contribution in [0.25, 0.3) is 0 Å². The molecule has 0 saturated carbocycles. The molecule has 8 heteroatoms. The highest BCUT2D eigenvalue weighted by molar-refractivity contribution is 6.33. The van der Waals surface area contributed by atoms with Gasteiger partial charge in [-0.05, 0) is 71.7 Å². The lowest BCUT2D eigenvalue weighted by Crippen LogP contribution is -2.72. The molecular weight excluding hydrogens is 480 g/mol. The minimum Gasteiger partial charge on any atom is -0.464 e. The molecule has 3 rings (SSSR count). The Kier molecular flexibility index (Phi) is 8.47. The first-order valence-electron chi connectivity index (χ1n) is 12.2. The molecular formula is C28H35ClN2O5. The van der Waals surface area contributed by atoms with Crippen molar-refractivity contribution in [1.29, 1.82) is 0 Å². The van der Waals surface area contributed by atoms with Gasteiger partial charge in [-0.2, -0.15) is 0 Å². The van der Waals surface area contributed by atoms with Gasteiger partial charge in [0, 0.05) is 23.2 Å². The monoisotopic (exact) mass is 514 g/mol. The van der Waals surface area contributed by atoms with E-state index in [0.29, 0.717) is 35.5 Å². The number of esters is 2. The Bertz CT molecular complexity index is 1080. The number of nitrogens with one attached hydrogen (secondary N) is 1. The van der Waals surface area contributed by atoms with Crippen molar-refractivity contribution in [3.63, 3.8) is 0 Å². The molecule has 1 N–H and O–H groups in total. The molecule has 0 aliphatic carbocycles. The summed E-state index contributed by atoms with van der Waals surface area (Å²) in [6.45, 7) is 10.6. The Labute approximate surface area is 218 Å². The Balaban J connectivity index is 1.80. The van der Waals surface area contributed by atoms with E-state index in [0.717, 1.165) is 0 Å². The quantitative estimate of drug-likeness (QED) is 0.505. The molecule has 0 radical (unpaired) electrons. The predicted octanol–water partition coefficient (Wildman–Crippen LogP) is 4.88. The maximum atomic E-state index is 13.3. The molecule has 36 heavy (non-hydrogen) atoms.